The molecule has 0 saturated heterocycles. The van der Waals surface area contributed by atoms with E-state index in [1.165, 1.54) is 0 Å². The van der Waals surface area contributed by atoms with E-state index < -0.39 is 0 Å². The summed E-state index contributed by atoms with van der Waals surface area (Å²) in [5.74, 6) is 0.537. The van der Waals surface area contributed by atoms with Crippen LogP contribution in [-0.4, -0.2) is 29.8 Å². The van der Waals surface area contributed by atoms with E-state index in [9.17, 15) is 4.79 Å². The SMILES string of the molecule is CN(CC1CC(Cl)C1)C(=O)c1ccc(Br)c(Cl)c1. The lowest BCUT2D eigenvalue weighted by atomic mass is 9.84. The molecule has 1 saturated carbocycles. The maximum Gasteiger partial charge on any atom is 0.253 e. The van der Waals surface area contributed by atoms with Crippen molar-refractivity contribution >= 4 is 45.0 Å². The molecule has 0 bridgehead atoms. The van der Waals surface area contributed by atoms with Gasteiger partial charge in [0.15, 0.2) is 0 Å². The number of carbonyl (C=O) groups excluding carboxylic acids is 1. The van der Waals surface area contributed by atoms with Crippen molar-refractivity contribution in [2.24, 2.45) is 5.92 Å². The molecule has 0 aliphatic heterocycles. The Kier molecular flexibility index (Phi) is 4.57. The van der Waals surface area contributed by atoms with Crippen molar-refractivity contribution < 1.29 is 4.79 Å². The number of nitrogens with zero attached hydrogens (tertiary/aromatic N) is 1. The zero-order valence-corrected chi connectivity index (χ0v) is 13.1. The molecule has 0 atom stereocenters. The highest BCUT2D eigenvalue weighted by molar-refractivity contribution is 9.10. The van der Waals surface area contributed by atoms with Gasteiger partial charge in [0.2, 0.25) is 0 Å². The Morgan fingerprint density at radius 2 is 2.17 bits per heavy atom. The molecule has 0 unspecified atom stereocenters. The van der Waals surface area contributed by atoms with Crippen molar-refractivity contribution in [3.63, 3.8) is 0 Å². The van der Waals surface area contributed by atoms with Gasteiger partial charge in [-0.3, -0.25) is 4.79 Å². The fraction of sp³-hybridized carbons (Fsp3) is 0.462. The second-order valence-electron chi connectivity index (χ2n) is 4.75. The summed E-state index contributed by atoms with van der Waals surface area (Å²) < 4.78 is 0.798. The first-order valence-electron chi connectivity index (χ1n) is 5.82. The predicted octanol–water partition coefficient (Wildman–Crippen LogP) is 4.19. The zero-order chi connectivity index (χ0) is 13.3. The molecule has 5 heteroatoms. The number of amides is 1. The second kappa shape index (κ2) is 5.81. The van der Waals surface area contributed by atoms with Gasteiger partial charge in [-0.1, -0.05) is 11.6 Å². The Morgan fingerprint density at radius 3 is 2.72 bits per heavy atom. The highest BCUT2D eigenvalue weighted by atomic mass is 79.9. The van der Waals surface area contributed by atoms with Gasteiger partial charge in [-0.15, -0.1) is 11.6 Å². The van der Waals surface area contributed by atoms with Crippen LogP contribution in [0.5, 0.6) is 0 Å². The summed E-state index contributed by atoms with van der Waals surface area (Å²) >= 11 is 15.2. The van der Waals surface area contributed by atoms with E-state index in [1.54, 1.807) is 23.1 Å². The maximum absolute atomic E-state index is 12.2. The van der Waals surface area contributed by atoms with Gasteiger partial charge in [-0.2, -0.15) is 0 Å². The Balaban J connectivity index is 1.99. The van der Waals surface area contributed by atoms with Gasteiger partial charge < -0.3 is 4.90 Å². The second-order valence-corrected chi connectivity index (χ2v) is 6.63. The molecule has 0 heterocycles. The summed E-state index contributed by atoms with van der Waals surface area (Å²) in [7, 11) is 1.82. The molecule has 18 heavy (non-hydrogen) atoms. The summed E-state index contributed by atoms with van der Waals surface area (Å²) in [4.78, 5) is 13.9. The Bertz CT molecular complexity index is 460. The van der Waals surface area contributed by atoms with Gasteiger partial charge in [0.25, 0.3) is 5.91 Å². The minimum Gasteiger partial charge on any atom is -0.341 e. The average molecular weight is 351 g/mol. The number of hydrogen-bond acceptors (Lipinski definition) is 1. The average Bonchev–Trinajstić information content (AvgIpc) is 2.29. The third-order valence-corrected chi connectivity index (χ3v) is 4.81. The van der Waals surface area contributed by atoms with Crippen molar-refractivity contribution in [3.8, 4) is 0 Å². The molecule has 1 amide bonds. The molecule has 0 aromatic heterocycles. The molecule has 0 spiro atoms. The molecule has 0 radical (unpaired) electrons. The van der Waals surface area contributed by atoms with E-state index in [-0.39, 0.29) is 5.91 Å². The fourth-order valence-corrected chi connectivity index (χ4v) is 3.05. The Labute approximate surface area is 125 Å². The molecular formula is C13H14BrCl2NO. The first kappa shape index (κ1) is 14.2. The van der Waals surface area contributed by atoms with Crippen LogP contribution in [0.15, 0.2) is 22.7 Å². The lowest BCUT2D eigenvalue weighted by Gasteiger charge is -2.34. The molecule has 1 aliphatic rings. The van der Waals surface area contributed by atoms with Crippen LogP contribution in [0.4, 0.5) is 0 Å². The Hall–Kier alpha value is -0.250. The number of halogens is 3. The predicted molar refractivity (Wildman–Crippen MR) is 78.5 cm³/mol. The molecule has 98 valence electrons. The van der Waals surface area contributed by atoms with Crippen molar-refractivity contribution in [1.82, 2.24) is 4.90 Å². The van der Waals surface area contributed by atoms with Crippen molar-refractivity contribution in [1.29, 1.82) is 0 Å². The topological polar surface area (TPSA) is 20.3 Å². The van der Waals surface area contributed by atoms with E-state index in [4.69, 9.17) is 23.2 Å². The van der Waals surface area contributed by atoms with E-state index in [0.717, 1.165) is 23.9 Å². The van der Waals surface area contributed by atoms with Crippen LogP contribution in [-0.2, 0) is 0 Å². The smallest absolute Gasteiger partial charge is 0.253 e. The van der Waals surface area contributed by atoms with Crippen LogP contribution in [0.2, 0.25) is 5.02 Å². The summed E-state index contributed by atoms with van der Waals surface area (Å²) in [6.07, 6.45) is 2.00. The van der Waals surface area contributed by atoms with Gasteiger partial charge in [0.05, 0.1) is 5.02 Å². The fourth-order valence-electron chi connectivity index (χ4n) is 2.12. The number of rotatable bonds is 3. The minimum absolute atomic E-state index is 0.00224. The summed E-state index contributed by atoms with van der Waals surface area (Å²) in [6, 6.07) is 5.26. The standard InChI is InChI=1S/C13H14BrCl2NO/c1-17(7-8-4-10(15)5-8)13(18)9-2-3-11(14)12(16)6-9/h2-3,6,8,10H,4-5,7H2,1H3. The third kappa shape index (κ3) is 3.19. The summed E-state index contributed by atoms with van der Waals surface area (Å²) in [5.41, 5.74) is 0.618. The molecular weight excluding hydrogens is 337 g/mol. The number of hydrogen-bond donors (Lipinski definition) is 0. The molecule has 1 aromatic rings. The van der Waals surface area contributed by atoms with Gasteiger partial charge in [-0.05, 0) is 52.9 Å². The quantitative estimate of drug-likeness (QED) is 0.748. The van der Waals surface area contributed by atoms with Gasteiger partial charge in [0, 0.05) is 29.0 Å². The lowest BCUT2D eigenvalue weighted by molar-refractivity contribution is 0.0747. The van der Waals surface area contributed by atoms with Gasteiger partial charge >= 0.3 is 0 Å². The highest BCUT2D eigenvalue weighted by Gasteiger charge is 2.29. The molecule has 1 aliphatic carbocycles. The highest BCUT2D eigenvalue weighted by Crippen LogP contribution is 2.32. The van der Waals surface area contributed by atoms with Crippen molar-refractivity contribution in [2.75, 3.05) is 13.6 Å². The van der Waals surface area contributed by atoms with Crippen LogP contribution in [0.1, 0.15) is 23.2 Å². The maximum atomic E-state index is 12.2. The summed E-state index contributed by atoms with van der Waals surface area (Å²) in [5, 5.41) is 0.847. The van der Waals surface area contributed by atoms with Crippen LogP contribution in [0, 0.1) is 5.92 Å². The Morgan fingerprint density at radius 1 is 1.50 bits per heavy atom. The number of alkyl halides is 1. The van der Waals surface area contributed by atoms with Crippen molar-refractivity contribution in [2.45, 2.75) is 18.2 Å². The normalized spacial score (nSPS) is 22.4. The zero-order valence-electron chi connectivity index (χ0n) is 10.00. The molecule has 0 N–H and O–H groups in total. The van der Waals surface area contributed by atoms with Crippen molar-refractivity contribution in [3.05, 3.63) is 33.3 Å². The van der Waals surface area contributed by atoms with E-state index in [1.807, 2.05) is 7.05 Å². The van der Waals surface area contributed by atoms with E-state index in [0.29, 0.717) is 21.9 Å². The van der Waals surface area contributed by atoms with E-state index >= 15 is 0 Å². The van der Waals surface area contributed by atoms with Gasteiger partial charge in [-0.25, -0.2) is 0 Å². The number of benzene rings is 1. The molecule has 1 fully saturated rings. The third-order valence-electron chi connectivity index (χ3n) is 3.22. The van der Waals surface area contributed by atoms with E-state index in [2.05, 4.69) is 15.9 Å². The number of carbonyl (C=O) groups is 1. The summed E-state index contributed by atoms with van der Waals surface area (Å²) in [6.45, 7) is 0.760. The van der Waals surface area contributed by atoms with Gasteiger partial charge in [0.1, 0.15) is 0 Å². The van der Waals surface area contributed by atoms with Crippen LogP contribution < -0.4 is 0 Å². The molecule has 2 nitrogen and oxygen atoms in total. The van der Waals surface area contributed by atoms with Crippen LogP contribution in [0.25, 0.3) is 0 Å². The van der Waals surface area contributed by atoms with Crippen LogP contribution in [0.3, 0.4) is 0 Å². The lowest BCUT2D eigenvalue weighted by Crippen LogP contribution is -2.37. The molecule has 2 rings (SSSR count). The van der Waals surface area contributed by atoms with Crippen LogP contribution >= 0.6 is 39.1 Å². The first-order chi connectivity index (χ1) is 8.47. The largest absolute Gasteiger partial charge is 0.341 e. The minimum atomic E-state index is 0.00224. The first-order valence-corrected chi connectivity index (χ1v) is 7.42. The monoisotopic (exact) mass is 349 g/mol. The molecule has 1 aromatic carbocycles.